The van der Waals surface area contributed by atoms with Crippen LogP contribution in [0.3, 0.4) is 0 Å². The highest BCUT2D eigenvalue weighted by atomic mass is 14.6. The maximum atomic E-state index is 5.38. The van der Waals surface area contributed by atoms with Crippen LogP contribution in [-0.4, -0.2) is 0 Å². The standard InChI is InChI=1S/C6H13N.C2H6/c1-5(7)6(2,3)4;1-2/h1,7H2,2-4H3;1-2H3. The van der Waals surface area contributed by atoms with E-state index in [1.807, 2.05) is 34.6 Å². The Labute approximate surface area is 58.9 Å². The molecule has 0 bridgehead atoms. The summed E-state index contributed by atoms with van der Waals surface area (Å²) in [6.07, 6.45) is 0. The van der Waals surface area contributed by atoms with Gasteiger partial charge in [-0.15, -0.1) is 0 Å². The molecule has 0 unspecified atom stereocenters. The van der Waals surface area contributed by atoms with E-state index in [4.69, 9.17) is 5.73 Å². The molecule has 0 aromatic rings. The molecule has 0 aromatic carbocycles. The van der Waals surface area contributed by atoms with Gasteiger partial charge in [-0.25, -0.2) is 0 Å². The summed E-state index contributed by atoms with van der Waals surface area (Å²) < 4.78 is 0. The van der Waals surface area contributed by atoms with Crippen molar-refractivity contribution in [2.45, 2.75) is 34.6 Å². The van der Waals surface area contributed by atoms with Crippen LogP contribution >= 0.6 is 0 Å². The van der Waals surface area contributed by atoms with Gasteiger partial charge in [-0.2, -0.15) is 0 Å². The van der Waals surface area contributed by atoms with Crippen LogP contribution in [0.1, 0.15) is 34.6 Å². The zero-order valence-electron chi connectivity index (χ0n) is 7.28. The van der Waals surface area contributed by atoms with E-state index in [9.17, 15) is 0 Å². The molecule has 1 heteroatoms. The van der Waals surface area contributed by atoms with Crippen molar-refractivity contribution in [3.8, 4) is 0 Å². The molecule has 9 heavy (non-hydrogen) atoms. The van der Waals surface area contributed by atoms with E-state index in [0.717, 1.165) is 5.70 Å². The average molecular weight is 129 g/mol. The second-order valence-corrected chi connectivity index (χ2v) is 2.78. The first-order valence-electron chi connectivity index (χ1n) is 3.39. The molecule has 0 amide bonds. The zero-order chi connectivity index (χ0) is 8.08. The fourth-order valence-electron chi connectivity index (χ4n) is 0. The van der Waals surface area contributed by atoms with Crippen LogP contribution in [0.5, 0.6) is 0 Å². The third-order valence-corrected chi connectivity index (χ3v) is 0.963. The molecular weight excluding hydrogens is 110 g/mol. The molecule has 0 aliphatic rings. The van der Waals surface area contributed by atoms with Gasteiger partial charge in [0.05, 0.1) is 0 Å². The molecule has 2 N–H and O–H groups in total. The van der Waals surface area contributed by atoms with Gasteiger partial charge in [-0.1, -0.05) is 41.2 Å². The van der Waals surface area contributed by atoms with Crippen molar-refractivity contribution < 1.29 is 0 Å². The van der Waals surface area contributed by atoms with Crippen LogP contribution in [0.15, 0.2) is 12.3 Å². The van der Waals surface area contributed by atoms with Gasteiger partial charge < -0.3 is 5.73 Å². The third kappa shape index (κ3) is 7.54. The highest BCUT2D eigenvalue weighted by Gasteiger charge is 2.09. The first-order valence-corrected chi connectivity index (χ1v) is 3.39. The van der Waals surface area contributed by atoms with E-state index in [0.29, 0.717) is 0 Å². The van der Waals surface area contributed by atoms with Gasteiger partial charge in [0, 0.05) is 11.1 Å². The van der Waals surface area contributed by atoms with Crippen molar-refractivity contribution in [2.24, 2.45) is 11.1 Å². The highest BCUT2D eigenvalue weighted by molar-refractivity contribution is 4.98. The SMILES string of the molecule is C=C(N)C(C)(C)C.CC. The van der Waals surface area contributed by atoms with Crippen molar-refractivity contribution in [2.75, 3.05) is 0 Å². The van der Waals surface area contributed by atoms with Crippen LogP contribution < -0.4 is 5.73 Å². The zero-order valence-corrected chi connectivity index (χ0v) is 7.28. The lowest BCUT2D eigenvalue weighted by Crippen LogP contribution is -2.14. The first-order chi connectivity index (χ1) is 3.94. The molecule has 0 spiro atoms. The second-order valence-electron chi connectivity index (χ2n) is 2.78. The minimum Gasteiger partial charge on any atom is -0.402 e. The van der Waals surface area contributed by atoms with Gasteiger partial charge in [0.1, 0.15) is 0 Å². The summed E-state index contributed by atoms with van der Waals surface area (Å²) in [5.74, 6) is 0. The maximum absolute atomic E-state index is 5.38. The van der Waals surface area contributed by atoms with Crippen molar-refractivity contribution >= 4 is 0 Å². The Kier molecular flexibility index (Phi) is 5.58. The van der Waals surface area contributed by atoms with Gasteiger partial charge in [0.2, 0.25) is 0 Å². The molecule has 0 saturated heterocycles. The van der Waals surface area contributed by atoms with Crippen LogP contribution in [0.25, 0.3) is 0 Å². The predicted molar refractivity (Wildman–Crippen MR) is 44.1 cm³/mol. The maximum Gasteiger partial charge on any atom is 0.00621 e. The fourth-order valence-corrected chi connectivity index (χ4v) is 0. The number of hydrogen-bond acceptors (Lipinski definition) is 1. The van der Waals surface area contributed by atoms with E-state index >= 15 is 0 Å². The molecule has 0 rings (SSSR count). The number of nitrogens with two attached hydrogens (primary N) is 1. The van der Waals surface area contributed by atoms with E-state index in [1.54, 1.807) is 0 Å². The quantitative estimate of drug-likeness (QED) is 0.534. The smallest absolute Gasteiger partial charge is 0.00621 e. The Morgan fingerprint density at radius 2 is 1.33 bits per heavy atom. The van der Waals surface area contributed by atoms with Gasteiger partial charge >= 0.3 is 0 Å². The Bertz CT molecular complexity index is 77.1. The molecule has 0 atom stereocenters. The number of hydrogen-bond donors (Lipinski definition) is 1. The molecule has 1 nitrogen and oxygen atoms in total. The summed E-state index contributed by atoms with van der Waals surface area (Å²) >= 11 is 0. The Hall–Kier alpha value is -0.460. The minimum atomic E-state index is 0.0833. The lowest BCUT2D eigenvalue weighted by molar-refractivity contribution is 0.500. The third-order valence-electron chi connectivity index (χ3n) is 0.963. The van der Waals surface area contributed by atoms with Crippen LogP contribution in [0, 0.1) is 5.41 Å². The van der Waals surface area contributed by atoms with E-state index in [1.165, 1.54) is 0 Å². The van der Waals surface area contributed by atoms with Crippen LogP contribution in [0.4, 0.5) is 0 Å². The molecule has 0 radical (unpaired) electrons. The monoisotopic (exact) mass is 129 g/mol. The Morgan fingerprint density at radius 3 is 1.33 bits per heavy atom. The topological polar surface area (TPSA) is 26.0 Å². The van der Waals surface area contributed by atoms with Crippen molar-refractivity contribution in [3.05, 3.63) is 12.3 Å². The first kappa shape index (κ1) is 11.4. The fraction of sp³-hybridized carbons (Fsp3) is 0.750. The molecule has 0 fully saturated rings. The van der Waals surface area contributed by atoms with E-state index in [-0.39, 0.29) is 5.41 Å². The second kappa shape index (κ2) is 4.42. The summed E-state index contributed by atoms with van der Waals surface area (Å²) in [6.45, 7) is 13.7. The number of rotatable bonds is 0. The molecular formula is C8H19N. The van der Waals surface area contributed by atoms with Crippen molar-refractivity contribution in [1.29, 1.82) is 0 Å². The molecule has 56 valence electrons. The van der Waals surface area contributed by atoms with Crippen molar-refractivity contribution in [3.63, 3.8) is 0 Å². The highest BCUT2D eigenvalue weighted by Crippen LogP contribution is 2.17. The summed E-state index contributed by atoms with van der Waals surface area (Å²) in [7, 11) is 0. The Morgan fingerprint density at radius 1 is 1.22 bits per heavy atom. The normalized spacial score (nSPS) is 9.44. The van der Waals surface area contributed by atoms with Gasteiger partial charge in [0.15, 0.2) is 0 Å². The molecule has 0 aliphatic carbocycles. The molecule has 0 heterocycles. The van der Waals surface area contributed by atoms with Crippen molar-refractivity contribution in [1.82, 2.24) is 0 Å². The van der Waals surface area contributed by atoms with Crippen LogP contribution in [-0.2, 0) is 0 Å². The van der Waals surface area contributed by atoms with E-state index in [2.05, 4.69) is 6.58 Å². The molecule has 0 aromatic heterocycles. The predicted octanol–water partition coefficient (Wildman–Crippen LogP) is 2.53. The summed E-state index contributed by atoms with van der Waals surface area (Å²) in [5.41, 5.74) is 6.20. The lowest BCUT2D eigenvalue weighted by atomic mass is 9.94. The summed E-state index contributed by atoms with van der Waals surface area (Å²) in [5, 5.41) is 0. The summed E-state index contributed by atoms with van der Waals surface area (Å²) in [6, 6.07) is 0. The van der Waals surface area contributed by atoms with Gasteiger partial charge in [-0.3, -0.25) is 0 Å². The lowest BCUT2D eigenvalue weighted by Gasteiger charge is -2.16. The van der Waals surface area contributed by atoms with Crippen LogP contribution in [0.2, 0.25) is 0 Å². The number of allylic oxidation sites excluding steroid dienone is 1. The minimum absolute atomic E-state index is 0.0833. The Balaban J connectivity index is 0. The largest absolute Gasteiger partial charge is 0.402 e. The van der Waals surface area contributed by atoms with Gasteiger partial charge in [0.25, 0.3) is 0 Å². The molecule has 0 saturated carbocycles. The summed E-state index contributed by atoms with van der Waals surface area (Å²) in [4.78, 5) is 0. The average Bonchev–Trinajstić information content (AvgIpc) is 1.69. The molecule has 0 aliphatic heterocycles. The van der Waals surface area contributed by atoms with Gasteiger partial charge in [-0.05, 0) is 0 Å². The van der Waals surface area contributed by atoms with E-state index < -0.39 is 0 Å².